The first-order valence-corrected chi connectivity index (χ1v) is 6.07. The number of rotatable bonds is 0. The number of fused-ring (bicyclic) bond motifs is 2. The van der Waals surface area contributed by atoms with Crippen LogP contribution in [0.15, 0.2) is 12.1 Å². The predicted molar refractivity (Wildman–Crippen MR) is 59.7 cm³/mol. The molecule has 0 atom stereocenters. The van der Waals surface area contributed by atoms with E-state index in [1.54, 1.807) is 22.3 Å². The molecule has 0 aliphatic heterocycles. The minimum Gasteiger partial charge on any atom is -0.0553 e. The normalized spacial score (nSPS) is 20.0. The van der Waals surface area contributed by atoms with E-state index in [0.717, 1.165) is 0 Å². The highest BCUT2D eigenvalue weighted by molar-refractivity contribution is 5.41. The third-order valence-corrected chi connectivity index (χ3v) is 3.81. The molecule has 0 spiro atoms. The van der Waals surface area contributed by atoms with Gasteiger partial charge in [0, 0.05) is 0 Å². The molecule has 0 bridgehead atoms. The smallest absolute Gasteiger partial charge is 0.0273 e. The van der Waals surface area contributed by atoms with Gasteiger partial charge >= 0.3 is 0 Å². The molecule has 0 aromatic heterocycles. The minimum atomic E-state index is 1.34. The molecule has 2 aliphatic rings. The van der Waals surface area contributed by atoms with Crippen molar-refractivity contribution in [3.8, 4) is 0 Å². The quantitative estimate of drug-likeness (QED) is 0.544. The van der Waals surface area contributed by atoms with Crippen molar-refractivity contribution in [3.63, 3.8) is 0 Å². The van der Waals surface area contributed by atoms with Crippen LogP contribution in [-0.4, -0.2) is 0 Å². The fourth-order valence-corrected chi connectivity index (χ4v) is 3.00. The first kappa shape index (κ1) is 8.52. The average Bonchev–Trinajstić information content (AvgIpc) is 2.51. The Morgan fingerprint density at radius 2 is 0.929 bits per heavy atom. The average molecular weight is 186 g/mol. The molecule has 0 saturated heterocycles. The zero-order valence-corrected chi connectivity index (χ0v) is 8.81. The fraction of sp³-hybridized carbons (Fsp3) is 0.571. The second-order valence-electron chi connectivity index (χ2n) is 4.80. The van der Waals surface area contributed by atoms with Gasteiger partial charge in [-0.1, -0.05) is 18.6 Å². The molecule has 0 nitrogen and oxygen atoms in total. The molecule has 14 heavy (non-hydrogen) atoms. The van der Waals surface area contributed by atoms with Crippen molar-refractivity contribution < 1.29 is 0 Å². The van der Waals surface area contributed by atoms with Crippen molar-refractivity contribution >= 4 is 0 Å². The summed E-state index contributed by atoms with van der Waals surface area (Å²) in [6.45, 7) is 0. The Bertz CT molecular complexity index is 316. The number of aryl methyl sites for hydroxylation is 4. The molecule has 1 aromatic carbocycles. The zero-order valence-electron chi connectivity index (χ0n) is 8.81. The maximum atomic E-state index is 2.52. The Balaban J connectivity index is 2.06. The van der Waals surface area contributed by atoms with Gasteiger partial charge in [-0.3, -0.25) is 0 Å². The lowest BCUT2D eigenvalue weighted by molar-refractivity contribution is 0.711. The summed E-state index contributed by atoms with van der Waals surface area (Å²) in [5.41, 5.74) is 6.66. The van der Waals surface area contributed by atoms with Gasteiger partial charge in [-0.2, -0.15) is 0 Å². The van der Waals surface area contributed by atoms with Gasteiger partial charge in [-0.15, -0.1) is 0 Å². The van der Waals surface area contributed by atoms with Crippen LogP contribution in [0.1, 0.15) is 47.9 Å². The van der Waals surface area contributed by atoms with E-state index in [0.29, 0.717) is 0 Å². The van der Waals surface area contributed by atoms with Gasteiger partial charge in [-0.25, -0.2) is 0 Å². The van der Waals surface area contributed by atoms with E-state index in [4.69, 9.17) is 0 Å². The van der Waals surface area contributed by atoms with Crippen LogP contribution < -0.4 is 0 Å². The van der Waals surface area contributed by atoms with E-state index >= 15 is 0 Å². The van der Waals surface area contributed by atoms with Gasteiger partial charge in [0.15, 0.2) is 0 Å². The van der Waals surface area contributed by atoms with Gasteiger partial charge in [-0.05, 0) is 67.2 Å². The van der Waals surface area contributed by atoms with E-state index < -0.39 is 0 Å². The van der Waals surface area contributed by atoms with Crippen molar-refractivity contribution in [2.24, 2.45) is 0 Å². The SMILES string of the molecule is c1c2c(cc3c1CCC3)CCCCC2. The molecule has 0 radical (unpaired) electrons. The molecular weight excluding hydrogens is 168 g/mol. The van der Waals surface area contributed by atoms with Gasteiger partial charge in [0.2, 0.25) is 0 Å². The van der Waals surface area contributed by atoms with Crippen LogP contribution in [0.4, 0.5) is 0 Å². The highest BCUT2D eigenvalue weighted by atomic mass is 14.2. The summed E-state index contributed by atoms with van der Waals surface area (Å²) in [5.74, 6) is 0. The summed E-state index contributed by atoms with van der Waals surface area (Å²) in [4.78, 5) is 0. The molecule has 0 N–H and O–H groups in total. The molecule has 0 unspecified atom stereocenters. The largest absolute Gasteiger partial charge is 0.0553 e. The van der Waals surface area contributed by atoms with E-state index in [-0.39, 0.29) is 0 Å². The zero-order chi connectivity index (χ0) is 9.38. The van der Waals surface area contributed by atoms with Crippen LogP contribution >= 0.6 is 0 Å². The third-order valence-electron chi connectivity index (χ3n) is 3.81. The summed E-state index contributed by atoms with van der Waals surface area (Å²) in [6.07, 6.45) is 11.0. The van der Waals surface area contributed by atoms with E-state index in [1.165, 1.54) is 51.4 Å². The fourth-order valence-electron chi connectivity index (χ4n) is 3.00. The lowest BCUT2D eigenvalue weighted by atomic mass is 9.97. The first-order valence-electron chi connectivity index (χ1n) is 6.07. The summed E-state index contributed by atoms with van der Waals surface area (Å²) >= 11 is 0. The summed E-state index contributed by atoms with van der Waals surface area (Å²) in [7, 11) is 0. The van der Waals surface area contributed by atoms with Crippen LogP contribution in [0.3, 0.4) is 0 Å². The maximum absolute atomic E-state index is 2.52. The number of benzene rings is 1. The third kappa shape index (κ3) is 1.37. The summed E-state index contributed by atoms with van der Waals surface area (Å²) < 4.78 is 0. The van der Waals surface area contributed by atoms with E-state index in [2.05, 4.69) is 12.1 Å². The standard InChI is InChI=1S/C14H18/c1-2-5-11-9-13-7-4-8-14(13)10-12(11)6-3-1/h9-10H,1-8H2. The van der Waals surface area contributed by atoms with E-state index in [1.807, 2.05) is 0 Å². The summed E-state index contributed by atoms with van der Waals surface area (Å²) in [5, 5.41) is 0. The molecule has 1 aromatic rings. The lowest BCUT2D eigenvalue weighted by Crippen LogP contribution is -1.94. The molecule has 0 heteroatoms. The lowest BCUT2D eigenvalue weighted by Gasteiger charge is -2.09. The maximum Gasteiger partial charge on any atom is -0.0273 e. The second kappa shape index (κ2) is 3.42. The molecule has 2 aliphatic carbocycles. The van der Waals surface area contributed by atoms with Crippen molar-refractivity contribution in [2.45, 2.75) is 51.4 Å². The van der Waals surface area contributed by atoms with Crippen molar-refractivity contribution in [1.29, 1.82) is 0 Å². The first-order chi connectivity index (χ1) is 6.93. The van der Waals surface area contributed by atoms with Gasteiger partial charge < -0.3 is 0 Å². The Labute approximate surface area is 86.3 Å². The van der Waals surface area contributed by atoms with Crippen molar-refractivity contribution in [3.05, 3.63) is 34.4 Å². The molecule has 3 rings (SSSR count). The van der Waals surface area contributed by atoms with E-state index in [9.17, 15) is 0 Å². The van der Waals surface area contributed by atoms with Crippen LogP contribution in [0.5, 0.6) is 0 Å². The van der Waals surface area contributed by atoms with Crippen LogP contribution in [-0.2, 0) is 25.7 Å². The minimum absolute atomic E-state index is 1.34. The number of hydrogen-bond acceptors (Lipinski definition) is 0. The predicted octanol–water partition coefficient (Wildman–Crippen LogP) is 3.44. The monoisotopic (exact) mass is 186 g/mol. The van der Waals surface area contributed by atoms with Crippen molar-refractivity contribution in [2.75, 3.05) is 0 Å². The molecular formula is C14H18. The van der Waals surface area contributed by atoms with Gasteiger partial charge in [0.05, 0.1) is 0 Å². The molecule has 0 fully saturated rings. The van der Waals surface area contributed by atoms with Crippen molar-refractivity contribution in [1.82, 2.24) is 0 Å². The van der Waals surface area contributed by atoms with Crippen LogP contribution in [0, 0.1) is 0 Å². The number of hydrogen-bond donors (Lipinski definition) is 0. The molecule has 0 amide bonds. The highest BCUT2D eigenvalue weighted by Gasteiger charge is 2.15. The Morgan fingerprint density at radius 1 is 0.500 bits per heavy atom. The molecule has 0 saturated carbocycles. The van der Waals surface area contributed by atoms with Crippen LogP contribution in [0.2, 0.25) is 0 Å². The Morgan fingerprint density at radius 3 is 1.43 bits per heavy atom. The van der Waals surface area contributed by atoms with Crippen LogP contribution in [0.25, 0.3) is 0 Å². The molecule has 74 valence electrons. The Kier molecular flexibility index (Phi) is 2.08. The highest BCUT2D eigenvalue weighted by Crippen LogP contribution is 2.29. The van der Waals surface area contributed by atoms with Gasteiger partial charge in [0.1, 0.15) is 0 Å². The van der Waals surface area contributed by atoms with Gasteiger partial charge in [0.25, 0.3) is 0 Å². The molecule has 0 heterocycles. The summed E-state index contributed by atoms with van der Waals surface area (Å²) in [6, 6.07) is 5.03. The Hall–Kier alpha value is -0.780. The topological polar surface area (TPSA) is 0 Å². The second-order valence-corrected chi connectivity index (χ2v) is 4.80.